The molecule has 1 fully saturated rings. The summed E-state index contributed by atoms with van der Waals surface area (Å²) < 4.78 is 60.7. The van der Waals surface area contributed by atoms with E-state index in [1.807, 2.05) is 25.8 Å². The molecule has 0 radical (unpaired) electrons. The Morgan fingerprint density at radius 1 is 1.33 bits per heavy atom. The first-order valence-electron chi connectivity index (χ1n) is 12.6. The standard InChI is InChI=1S/C23H30F4N8O.C2H6.H2S/c1-33-7-6-18(16(24)11-33)30-17-4-3-5-19-15(17)8-20(35(19)13-23(25,26)27)22-31-21(36-32-22)12-34(2)14(9-28)10-29;1-2;/h3-5,9-10,16,18,20,28,30H,6-8,11-13,29H2,1-2H3;1-2H3;1H2/b14-10+,28-9?;;. The second-order valence-corrected chi connectivity index (χ2v) is 9.22. The maximum atomic E-state index is 14.7. The molecule has 218 valence electrons. The van der Waals surface area contributed by atoms with Gasteiger partial charge in [0.1, 0.15) is 12.7 Å². The third-order valence-electron chi connectivity index (χ3n) is 6.58. The molecule has 0 saturated carbocycles. The smallest absolute Gasteiger partial charge is 0.403 e. The highest BCUT2D eigenvalue weighted by molar-refractivity contribution is 7.59. The molecule has 0 bridgehead atoms. The third kappa shape index (κ3) is 7.78. The Labute approximate surface area is 233 Å². The second-order valence-electron chi connectivity index (χ2n) is 9.22. The van der Waals surface area contributed by atoms with Gasteiger partial charge >= 0.3 is 6.18 Å². The Kier molecular flexibility index (Phi) is 11.5. The lowest BCUT2D eigenvalue weighted by atomic mass is 10.0. The molecule has 0 amide bonds. The van der Waals surface area contributed by atoms with Crippen molar-refractivity contribution in [3.8, 4) is 0 Å². The highest BCUT2D eigenvalue weighted by atomic mass is 32.1. The van der Waals surface area contributed by atoms with Gasteiger partial charge in [0.25, 0.3) is 0 Å². The number of likely N-dealkylation sites (tertiary alicyclic amines) is 1. The molecule has 1 saturated heterocycles. The Bertz CT molecular complexity index is 1110. The number of allylic oxidation sites excluding steroid dienone is 1. The molecule has 4 rings (SSSR count). The fourth-order valence-electron chi connectivity index (χ4n) is 4.75. The van der Waals surface area contributed by atoms with Gasteiger partial charge in [0.15, 0.2) is 5.82 Å². The summed E-state index contributed by atoms with van der Waals surface area (Å²) in [6.07, 6.45) is -2.43. The summed E-state index contributed by atoms with van der Waals surface area (Å²) in [5, 5.41) is 14.6. The quantitative estimate of drug-likeness (QED) is 0.318. The van der Waals surface area contributed by atoms with E-state index in [2.05, 4.69) is 15.5 Å². The van der Waals surface area contributed by atoms with Crippen LogP contribution in [0.5, 0.6) is 0 Å². The summed E-state index contributed by atoms with van der Waals surface area (Å²) in [7, 11) is 3.53. The molecular formula is C25H38F4N8OS. The number of fused-ring (bicyclic) bond motifs is 1. The van der Waals surface area contributed by atoms with Gasteiger partial charge in [0, 0.05) is 55.9 Å². The fraction of sp³-hybridized carbons (Fsp3) is 0.560. The molecule has 0 spiro atoms. The second kappa shape index (κ2) is 13.9. The topological polar surface area (TPSA) is 111 Å². The van der Waals surface area contributed by atoms with E-state index in [1.165, 1.54) is 11.1 Å². The first-order chi connectivity index (χ1) is 18.1. The van der Waals surface area contributed by atoms with Crippen LogP contribution in [0.2, 0.25) is 0 Å². The van der Waals surface area contributed by atoms with Gasteiger partial charge in [-0.05, 0) is 25.6 Å². The van der Waals surface area contributed by atoms with E-state index in [4.69, 9.17) is 15.7 Å². The van der Waals surface area contributed by atoms with Gasteiger partial charge in [-0.2, -0.15) is 31.7 Å². The normalized spacial score (nSPS) is 21.4. The van der Waals surface area contributed by atoms with Crippen LogP contribution in [0.3, 0.4) is 0 Å². The summed E-state index contributed by atoms with van der Waals surface area (Å²) in [5.41, 5.74) is 7.60. The van der Waals surface area contributed by atoms with Crippen molar-refractivity contribution in [3.63, 3.8) is 0 Å². The van der Waals surface area contributed by atoms with Gasteiger partial charge < -0.3 is 35.7 Å². The maximum Gasteiger partial charge on any atom is 0.405 e. The fourth-order valence-corrected chi connectivity index (χ4v) is 4.75. The largest absolute Gasteiger partial charge is 0.405 e. The van der Waals surface area contributed by atoms with Crippen molar-refractivity contribution in [2.75, 3.05) is 43.9 Å². The predicted octanol–water partition coefficient (Wildman–Crippen LogP) is 4.21. The van der Waals surface area contributed by atoms with Crippen LogP contribution in [0, 0.1) is 5.41 Å². The molecule has 1 aromatic heterocycles. The molecule has 0 aliphatic carbocycles. The van der Waals surface area contributed by atoms with Crippen LogP contribution in [-0.4, -0.2) is 78.3 Å². The number of nitrogens with one attached hydrogen (secondary N) is 2. The van der Waals surface area contributed by atoms with Crippen molar-refractivity contribution in [3.05, 3.63) is 47.4 Å². The summed E-state index contributed by atoms with van der Waals surface area (Å²) in [5.74, 6) is 0.308. The van der Waals surface area contributed by atoms with Crippen molar-refractivity contribution < 1.29 is 22.1 Å². The van der Waals surface area contributed by atoms with E-state index >= 15 is 0 Å². The van der Waals surface area contributed by atoms with Crippen molar-refractivity contribution in [2.45, 2.75) is 57.7 Å². The summed E-state index contributed by atoms with van der Waals surface area (Å²) in [4.78, 5) is 9.11. The maximum absolute atomic E-state index is 14.7. The molecule has 39 heavy (non-hydrogen) atoms. The summed E-state index contributed by atoms with van der Waals surface area (Å²) in [6.45, 7) is 3.97. The van der Waals surface area contributed by atoms with E-state index in [0.717, 1.165) is 12.8 Å². The van der Waals surface area contributed by atoms with Gasteiger partial charge in [-0.3, -0.25) is 0 Å². The number of halogens is 4. The lowest BCUT2D eigenvalue weighted by Gasteiger charge is -2.33. The van der Waals surface area contributed by atoms with Gasteiger partial charge in [-0.15, -0.1) is 0 Å². The van der Waals surface area contributed by atoms with Crippen LogP contribution in [0.1, 0.15) is 43.6 Å². The van der Waals surface area contributed by atoms with Crippen molar-refractivity contribution in [2.24, 2.45) is 5.73 Å². The van der Waals surface area contributed by atoms with Gasteiger partial charge in [-0.1, -0.05) is 25.1 Å². The Morgan fingerprint density at radius 3 is 2.67 bits per heavy atom. The average Bonchev–Trinajstić information content (AvgIpc) is 3.47. The van der Waals surface area contributed by atoms with Crippen LogP contribution in [0.15, 0.2) is 34.6 Å². The molecule has 14 heteroatoms. The molecule has 2 aliphatic heterocycles. The molecule has 2 aromatic rings. The number of anilines is 2. The molecular weight excluding hydrogens is 536 g/mol. The number of rotatable bonds is 8. The molecule has 3 unspecified atom stereocenters. The minimum Gasteiger partial charge on any atom is -0.403 e. The summed E-state index contributed by atoms with van der Waals surface area (Å²) >= 11 is 0. The Morgan fingerprint density at radius 2 is 2.05 bits per heavy atom. The van der Waals surface area contributed by atoms with E-state index < -0.39 is 31.0 Å². The molecule has 2 aliphatic rings. The van der Waals surface area contributed by atoms with E-state index in [9.17, 15) is 17.6 Å². The van der Waals surface area contributed by atoms with Crippen LogP contribution in [-0.2, 0) is 13.0 Å². The lowest BCUT2D eigenvalue weighted by molar-refractivity contribution is -0.120. The zero-order valence-electron chi connectivity index (χ0n) is 22.6. The Balaban J connectivity index is 0.00000174. The number of benzene rings is 1. The lowest BCUT2D eigenvalue weighted by Crippen LogP contribution is -2.46. The van der Waals surface area contributed by atoms with E-state index in [0.29, 0.717) is 35.6 Å². The zero-order valence-corrected chi connectivity index (χ0v) is 23.6. The third-order valence-corrected chi connectivity index (χ3v) is 6.58. The minimum atomic E-state index is -4.46. The number of hydrogen-bond acceptors (Lipinski definition) is 9. The number of alkyl halides is 4. The SMILES string of the molecule is CC.CN1CCC(Nc2cccc3c2CC(c2noc(CN(C)/C(C=N)=C/N)n2)N3CC(F)(F)F)C(F)C1.S. The van der Waals surface area contributed by atoms with Gasteiger partial charge in [0.2, 0.25) is 5.89 Å². The highest BCUT2D eigenvalue weighted by Crippen LogP contribution is 2.44. The van der Waals surface area contributed by atoms with Crippen molar-refractivity contribution in [1.82, 2.24) is 19.9 Å². The summed E-state index contributed by atoms with van der Waals surface area (Å²) in [6, 6.07) is 3.84. The number of piperidine rings is 1. The molecule has 1 aromatic carbocycles. The van der Waals surface area contributed by atoms with Crippen LogP contribution < -0.4 is 16.0 Å². The molecule has 4 N–H and O–H groups in total. The van der Waals surface area contributed by atoms with Crippen LogP contribution in [0.4, 0.5) is 28.9 Å². The van der Waals surface area contributed by atoms with Crippen molar-refractivity contribution in [1.29, 1.82) is 5.41 Å². The monoisotopic (exact) mass is 574 g/mol. The number of nitrogens with zero attached hydrogens (tertiary/aromatic N) is 5. The Hall–Kier alpha value is -3.00. The van der Waals surface area contributed by atoms with E-state index in [1.54, 1.807) is 30.1 Å². The number of aromatic nitrogens is 2. The number of nitrogens with two attached hydrogens (primary N) is 1. The van der Waals surface area contributed by atoms with Crippen LogP contribution >= 0.6 is 13.5 Å². The first kappa shape index (κ1) is 32.2. The average molecular weight is 575 g/mol. The molecule has 9 nitrogen and oxygen atoms in total. The van der Waals surface area contributed by atoms with Gasteiger partial charge in [-0.25, -0.2) is 4.39 Å². The highest BCUT2D eigenvalue weighted by Gasteiger charge is 2.42. The van der Waals surface area contributed by atoms with E-state index in [-0.39, 0.29) is 38.2 Å². The van der Waals surface area contributed by atoms with Crippen LogP contribution in [0.25, 0.3) is 0 Å². The zero-order chi connectivity index (χ0) is 28.0. The number of hydrogen-bond donors (Lipinski definition) is 3. The van der Waals surface area contributed by atoms with Gasteiger partial charge in [0.05, 0.1) is 24.3 Å². The van der Waals surface area contributed by atoms with Crippen molar-refractivity contribution >= 4 is 31.1 Å². The first-order valence-corrected chi connectivity index (χ1v) is 12.6. The molecule has 3 atom stereocenters. The predicted molar refractivity (Wildman–Crippen MR) is 149 cm³/mol. The molecule has 3 heterocycles. The minimum absolute atomic E-state index is 0.